The molecule has 4 aliphatic carbocycles. The topological polar surface area (TPSA) is 34.1 Å². The van der Waals surface area contributed by atoms with Crippen LogP contribution in [0, 0.1) is 51.8 Å². The molecule has 0 spiro atoms. The quantitative estimate of drug-likeness (QED) is 0.468. The van der Waals surface area contributed by atoms with Gasteiger partial charge in [0.2, 0.25) is 0 Å². The molecule has 4 aliphatic rings. The first-order valence-electron chi connectivity index (χ1n) is 12.9. The number of allylic oxidation sites excluding steroid dienone is 4. The van der Waals surface area contributed by atoms with Crippen LogP contribution in [0.5, 0.6) is 0 Å². The van der Waals surface area contributed by atoms with Crippen molar-refractivity contribution in [2.24, 2.45) is 51.8 Å². The van der Waals surface area contributed by atoms with E-state index in [1.54, 1.807) is 0 Å². The fourth-order valence-electron chi connectivity index (χ4n) is 8.48. The van der Waals surface area contributed by atoms with Crippen LogP contribution in [0.25, 0.3) is 0 Å². The van der Waals surface area contributed by atoms with E-state index >= 15 is 0 Å². The number of hydrogen-bond acceptors (Lipinski definition) is 2. The highest BCUT2D eigenvalue weighted by Gasteiger charge is 2.62. The molecule has 31 heavy (non-hydrogen) atoms. The van der Waals surface area contributed by atoms with Crippen molar-refractivity contribution in [1.29, 1.82) is 0 Å². The maximum atomic E-state index is 13.6. The van der Waals surface area contributed by atoms with E-state index in [1.807, 2.05) is 26.0 Å². The van der Waals surface area contributed by atoms with Gasteiger partial charge in [-0.2, -0.15) is 0 Å². The summed E-state index contributed by atoms with van der Waals surface area (Å²) in [6.45, 7) is 16.0. The molecule has 0 bridgehead atoms. The van der Waals surface area contributed by atoms with Crippen LogP contribution < -0.4 is 0 Å². The van der Waals surface area contributed by atoms with E-state index in [9.17, 15) is 9.59 Å². The zero-order valence-electron chi connectivity index (χ0n) is 21.0. The van der Waals surface area contributed by atoms with Crippen molar-refractivity contribution in [3.63, 3.8) is 0 Å². The highest BCUT2D eigenvalue weighted by molar-refractivity contribution is 6.02. The average molecular weight is 425 g/mol. The van der Waals surface area contributed by atoms with Crippen LogP contribution in [0.15, 0.2) is 23.8 Å². The van der Waals surface area contributed by atoms with Gasteiger partial charge in [-0.25, -0.2) is 0 Å². The van der Waals surface area contributed by atoms with Crippen LogP contribution in [-0.4, -0.2) is 11.6 Å². The van der Waals surface area contributed by atoms with Crippen molar-refractivity contribution in [3.05, 3.63) is 23.8 Å². The van der Waals surface area contributed by atoms with Crippen LogP contribution in [0.3, 0.4) is 0 Å². The summed E-state index contributed by atoms with van der Waals surface area (Å²) in [5.74, 6) is 3.71. The molecule has 2 nitrogen and oxygen atoms in total. The molecule has 0 aromatic carbocycles. The second kappa shape index (κ2) is 7.70. The Labute approximate surface area is 190 Å². The smallest absolute Gasteiger partial charge is 0.165 e. The summed E-state index contributed by atoms with van der Waals surface area (Å²) in [6, 6.07) is 0. The third kappa shape index (κ3) is 3.42. The number of rotatable bonds is 5. The third-order valence-electron chi connectivity index (χ3n) is 10.3. The van der Waals surface area contributed by atoms with Crippen LogP contribution in [0.2, 0.25) is 0 Å². The largest absolute Gasteiger partial charge is 0.295 e. The van der Waals surface area contributed by atoms with Crippen molar-refractivity contribution in [3.8, 4) is 0 Å². The van der Waals surface area contributed by atoms with Gasteiger partial charge < -0.3 is 0 Å². The van der Waals surface area contributed by atoms with Crippen molar-refractivity contribution >= 4 is 11.6 Å². The van der Waals surface area contributed by atoms with E-state index in [4.69, 9.17) is 0 Å². The van der Waals surface area contributed by atoms with Crippen LogP contribution >= 0.6 is 0 Å². The minimum absolute atomic E-state index is 0.133. The molecule has 0 saturated heterocycles. The van der Waals surface area contributed by atoms with Gasteiger partial charge in [-0.15, -0.1) is 0 Å². The van der Waals surface area contributed by atoms with Gasteiger partial charge in [-0.05, 0) is 92.3 Å². The first-order chi connectivity index (χ1) is 14.4. The predicted octanol–water partition coefficient (Wildman–Crippen LogP) is 7.19. The van der Waals surface area contributed by atoms with E-state index in [0.717, 1.165) is 29.7 Å². The SMILES string of the molecule is CC(C)CCC[C@@H](C)[C@H]1CC[C@H]2[C@@H]3C(=O)C=C4C(C)(C)C(=O)C=C[C@]4(C)[C@H]3CC[C@]12C. The summed E-state index contributed by atoms with van der Waals surface area (Å²) in [6.07, 6.45) is 14.7. The first kappa shape index (κ1) is 23.0. The molecule has 2 saturated carbocycles. The number of fused-ring (bicyclic) bond motifs is 5. The lowest BCUT2D eigenvalue weighted by molar-refractivity contribution is -0.134. The van der Waals surface area contributed by atoms with E-state index < -0.39 is 5.41 Å². The number of carbonyl (C=O) groups is 2. The normalized spacial score (nSPS) is 42.1. The Morgan fingerprint density at radius 2 is 1.68 bits per heavy atom. The van der Waals surface area contributed by atoms with Gasteiger partial charge >= 0.3 is 0 Å². The molecule has 0 heterocycles. The molecule has 0 aliphatic heterocycles. The number of hydrogen-bond donors (Lipinski definition) is 0. The zero-order valence-corrected chi connectivity index (χ0v) is 21.0. The lowest BCUT2D eigenvalue weighted by atomic mass is 9.45. The van der Waals surface area contributed by atoms with Gasteiger partial charge in [-0.1, -0.05) is 60.0 Å². The lowest BCUT2D eigenvalue weighted by Gasteiger charge is -2.57. The molecular weight excluding hydrogens is 380 g/mol. The molecule has 172 valence electrons. The molecule has 0 amide bonds. The van der Waals surface area contributed by atoms with Crippen LogP contribution in [0.1, 0.15) is 93.4 Å². The van der Waals surface area contributed by atoms with Gasteiger partial charge in [0.05, 0.1) is 0 Å². The fourth-order valence-corrected chi connectivity index (χ4v) is 8.48. The van der Waals surface area contributed by atoms with E-state index in [-0.39, 0.29) is 17.1 Å². The van der Waals surface area contributed by atoms with Crippen molar-refractivity contribution in [1.82, 2.24) is 0 Å². The van der Waals surface area contributed by atoms with Crippen LogP contribution in [-0.2, 0) is 9.59 Å². The molecule has 2 fully saturated rings. The summed E-state index contributed by atoms with van der Waals surface area (Å²) >= 11 is 0. The summed E-state index contributed by atoms with van der Waals surface area (Å²) in [4.78, 5) is 26.2. The van der Waals surface area contributed by atoms with E-state index in [2.05, 4.69) is 40.7 Å². The number of ketones is 2. The predicted molar refractivity (Wildman–Crippen MR) is 128 cm³/mol. The Morgan fingerprint density at radius 1 is 0.968 bits per heavy atom. The Kier molecular flexibility index (Phi) is 5.71. The average Bonchev–Trinajstić information content (AvgIpc) is 3.04. The Bertz CT molecular complexity index is 815. The summed E-state index contributed by atoms with van der Waals surface area (Å²) in [5.41, 5.74) is 0.644. The maximum absolute atomic E-state index is 13.6. The second-order valence-corrected chi connectivity index (χ2v) is 12.8. The third-order valence-corrected chi connectivity index (χ3v) is 10.3. The molecule has 0 aromatic heterocycles. The van der Waals surface area contributed by atoms with Gasteiger partial charge in [0.15, 0.2) is 11.6 Å². The lowest BCUT2D eigenvalue weighted by Crippen LogP contribution is -2.55. The highest BCUT2D eigenvalue weighted by atomic mass is 16.1. The molecule has 7 atom stereocenters. The number of carbonyl (C=O) groups excluding carboxylic acids is 2. The Hall–Kier alpha value is -1.18. The van der Waals surface area contributed by atoms with Crippen molar-refractivity contribution in [2.45, 2.75) is 93.4 Å². The molecule has 0 unspecified atom stereocenters. The minimum Gasteiger partial charge on any atom is -0.295 e. The summed E-state index contributed by atoms with van der Waals surface area (Å²) < 4.78 is 0. The monoisotopic (exact) mass is 424 g/mol. The fraction of sp³-hybridized carbons (Fsp3) is 0.793. The highest BCUT2D eigenvalue weighted by Crippen LogP contribution is 2.67. The van der Waals surface area contributed by atoms with Crippen LogP contribution in [0.4, 0.5) is 0 Å². The molecule has 0 radical (unpaired) electrons. The van der Waals surface area contributed by atoms with Gasteiger partial charge in [-0.3, -0.25) is 9.59 Å². The zero-order chi connectivity index (χ0) is 22.8. The minimum atomic E-state index is -0.561. The van der Waals surface area contributed by atoms with Gasteiger partial charge in [0, 0.05) is 16.7 Å². The summed E-state index contributed by atoms with van der Waals surface area (Å²) in [5, 5.41) is 0. The maximum Gasteiger partial charge on any atom is 0.165 e. The second-order valence-electron chi connectivity index (χ2n) is 12.8. The molecule has 2 heteroatoms. The van der Waals surface area contributed by atoms with Gasteiger partial charge in [0.25, 0.3) is 0 Å². The molecular formula is C29H44O2. The van der Waals surface area contributed by atoms with Gasteiger partial charge in [0.1, 0.15) is 0 Å². The molecule has 4 rings (SSSR count). The van der Waals surface area contributed by atoms with E-state index in [0.29, 0.717) is 23.0 Å². The standard InChI is InChI=1S/C29H44O2/c1-18(2)9-8-10-19(3)20-11-12-21-26-22(13-15-28(20,21)6)29(7)16-14-25(31)27(4,5)24(29)17-23(26)30/h14,16-22,26H,8-13,15H2,1-7H3/t19-,20-,21+,22+,26+,28-,29-/m1/s1. The molecule has 0 aromatic rings. The Balaban J connectivity index is 1.61. The summed E-state index contributed by atoms with van der Waals surface area (Å²) in [7, 11) is 0. The molecule has 0 N–H and O–H groups in total. The van der Waals surface area contributed by atoms with Crippen molar-refractivity contribution in [2.75, 3.05) is 0 Å². The first-order valence-corrected chi connectivity index (χ1v) is 12.9. The van der Waals surface area contributed by atoms with E-state index in [1.165, 1.54) is 38.5 Å². The van der Waals surface area contributed by atoms with Crippen molar-refractivity contribution < 1.29 is 9.59 Å². The Morgan fingerprint density at radius 3 is 2.35 bits per heavy atom.